The molecule has 2 aromatic carbocycles. The van der Waals surface area contributed by atoms with E-state index in [4.69, 9.17) is 9.36 Å². The molecule has 0 spiro atoms. The Balaban J connectivity index is 1.82. The third kappa shape index (κ3) is 3.53. The van der Waals surface area contributed by atoms with Gasteiger partial charge in [-0.3, -0.25) is 10.1 Å². The van der Waals surface area contributed by atoms with Crippen molar-refractivity contribution in [2.45, 2.75) is 12.5 Å². The van der Waals surface area contributed by atoms with Crippen LogP contribution in [0.2, 0.25) is 0 Å². The first-order chi connectivity index (χ1) is 11.1. The molecule has 3 rings (SSSR count). The van der Waals surface area contributed by atoms with Crippen LogP contribution in [0.4, 0.5) is 5.69 Å². The van der Waals surface area contributed by atoms with Crippen LogP contribution in [-0.4, -0.2) is 16.4 Å². The summed E-state index contributed by atoms with van der Waals surface area (Å²) in [4.78, 5) is 17.2. The summed E-state index contributed by atoms with van der Waals surface area (Å²) in [5.41, 5.74) is 0.942. The molecule has 0 aromatic heterocycles. The fourth-order valence-corrected chi connectivity index (χ4v) is 3.34. The number of nitro benzene ring substituents is 1. The van der Waals surface area contributed by atoms with Gasteiger partial charge in [0.05, 0.1) is 4.92 Å². The molecule has 0 aliphatic carbocycles. The minimum atomic E-state index is -2.13. The van der Waals surface area contributed by atoms with E-state index in [9.17, 15) is 14.7 Å². The first-order valence-electron chi connectivity index (χ1n) is 7.02. The lowest BCUT2D eigenvalue weighted by molar-refractivity contribution is -0.384. The van der Waals surface area contributed by atoms with Gasteiger partial charge >= 0.3 is 8.18 Å². The van der Waals surface area contributed by atoms with E-state index in [-0.39, 0.29) is 11.7 Å². The number of nitro groups is 1. The highest BCUT2D eigenvalue weighted by molar-refractivity contribution is 7.36. The van der Waals surface area contributed by atoms with Crippen molar-refractivity contribution < 1.29 is 18.8 Å². The second-order valence-electron chi connectivity index (χ2n) is 4.93. The van der Waals surface area contributed by atoms with Crippen molar-refractivity contribution in [1.82, 2.24) is 4.83 Å². The Labute approximate surface area is 133 Å². The fourth-order valence-electron chi connectivity index (χ4n) is 2.33. The van der Waals surface area contributed by atoms with E-state index in [0.717, 1.165) is 5.56 Å². The lowest BCUT2D eigenvalue weighted by atomic mass is 10.1. The summed E-state index contributed by atoms with van der Waals surface area (Å²) in [5.74, 6) is 0.366. The van der Waals surface area contributed by atoms with E-state index < -0.39 is 13.1 Å². The number of hydrogen-bond acceptors (Lipinski definition) is 5. The summed E-state index contributed by atoms with van der Waals surface area (Å²) in [7, 11) is -2.13. The minimum absolute atomic E-state index is 0.0313. The summed E-state index contributed by atoms with van der Waals surface area (Å²) < 4.78 is 17.4. The molecule has 0 bridgehead atoms. The van der Waals surface area contributed by atoms with Gasteiger partial charge in [-0.1, -0.05) is 30.3 Å². The molecule has 0 amide bonds. The monoisotopic (exact) mass is 333 g/mol. The molecule has 2 aromatic rings. The molecular formula is C15H14N2O5P+. The van der Waals surface area contributed by atoms with Crippen molar-refractivity contribution >= 4 is 13.9 Å². The lowest BCUT2D eigenvalue weighted by Crippen LogP contribution is -2.30. The highest BCUT2D eigenvalue weighted by Crippen LogP contribution is 2.44. The van der Waals surface area contributed by atoms with Gasteiger partial charge in [0.1, 0.15) is 17.5 Å². The maximum atomic E-state index is 12.2. The van der Waals surface area contributed by atoms with Crippen molar-refractivity contribution in [1.29, 1.82) is 0 Å². The van der Waals surface area contributed by atoms with Crippen molar-refractivity contribution in [3.05, 3.63) is 70.3 Å². The van der Waals surface area contributed by atoms with Crippen LogP contribution >= 0.6 is 8.18 Å². The molecule has 0 radical (unpaired) electrons. The second kappa shape index (κ2) is 6.83. The summed E-state index contributed by atoms with van der Waals surface area (Å²) in [6.07, 6.45) is 0.637. The molecule has 8 heteroatoms. The number of benzene rings is 2. The average Bonchev–Trinajstić information content (AvgIpc) is 2.58. The normalized spacial score (nSPS) is 20.2. The van der Waals surface area contributed by atoms with Crippen LogP contribution < -0.4 is 4.84 Å². The van der Waals surface area contributed by atoms with Crippen molar-refractivity contribution in [3.8, 4) is 5.75 Å². The zero-order valence-corrected chi connectivity index (χ0v) is 13.0. The van der Waals surface area contributed by atoms with Crippen molar-refractivity contribution in [3.63, 3.8) is 0 Å². The Kier molecular flexibility index (Phi) is 4.62. The third-order valence-corrected chi connectivity index (χ3v) is 4.54. The first kappa shape index (κ1) is 15.6. The van der Waals surface area contributed by atoms with Gasteiger partial charge < -0.3 is 4.84 Å². The molecule has 2 atom stereocenters. The molecule has 1 heterocycles. The number of hydroxylamine groups is 1. The molecule has 23 heavy (non-hydrogen) atoms. The average molecular weight is 333 g/mol. The van der Waals surface area contributed by atoms with E-state index in [2.05, 4.69) is 0 Å². The summed E-state index contributed by atoms with van der Waals surface area (Å²) in [5, 5.41) is 10.7. The van der Waals surface area contributed by atoms with Crippen LogP contribution in [0.5, 0.6) is 5.75 Å². The molecule has 7 nitrogen and oxygen atoms in total. The van der Waals surface area contributed by atoms with Crippen LogP contribution in [-0.2, 0) is 9.09 Å². The van der Waals surface area contributed by atoms with E-state index in [1.165, 1.54) is 29.1 Å². The predicted molar refractivity (Wildman–Crippen MR) is 82.9 cm³/mol. The SMILES string of the molecule is O=[N+]([O-])c1ccc(ON2C(c3ccccc3)CCO[P+]2=O)cc1. The lowest BCUT2D eigenvalue weighted by Gasteiger charge is -2.24. The Morgan fingerprint density at radius 2 is 1.87 bits per heavy atom. The Morgan fingerprint density at radius 3 is 2.52 bits per heavy atom. The fraction of sp³-hybridized carbons (Fsp3) is 0.200. The zero-order chi connectivity index (χ0) is 16.2. The largest absolute Gasteiger partial charge is 0.652 e. The minimum Gasteiger partial charge on any atom is -0.362 e. The van der Waals surface area contributed by atoms with E-state index in [0.29, 0.717) is 18.8 Å². The quantitative estimate of drug-likeness (QED) is 0.478. The van der Waals surface area contributed by atoms with E-state index in [1.54, 1.807) is 0 Å². The van der Waals surface area contributed by atoms with E-state index >= 15 is 0 Å². The summed E-state index contributed by atoms with van der Waals surface area (Å²) in [6, 6.07) is 15.0. The van der Waals surface area contributed by atoms with Gasteiger partial charge in [0.2, 0.25) is 0 Å². The maximum Gasteiger partial charge on any atom is 0.652 e. The standard InChI is InChI=1S/C15H14N2O5P/c18-16(19)13-6-8-14(9-7-13)22-17-15(10-11-21-23(17)20)12-4-2-1-3-5-12/h1-9,15H,10-11H2/q+1. The third-order valence-electron chi connectivity index (χ3n) is 3.45. The molecule has 2 unspecified atom stereocenters. The highest BCUT2D eigenvalue weighted by Gasteiger charge is 2.45. The van der Waals surface area contributed by atoms with Gasteiger partial charge in [-0.25, -0.2) is 0 Å². The van der Waals surface area contributed by atoms with Gasteiger partial charge in [-0.2, -0.15) is 0 Å². The number of non-ortho nitro benzene ring substituents is 1. The van der Waals surface area contributed by atoms with E-state index in [1.807, 2.05) is 30.3 Å². The molecular weight excluding hydrogens is 319 g/mol. The summed E-state index contributed by atoms with van der Waals surface area (Å²) >= 11 is 0. The Hall–Kier alpha value is -2.34. The summed E-state index contributed by atoms with van der Waals surface area (Å²) in [6.45, 7) is 0.384. The number of hydrogen-bond donors (Lipinski definition) is 0. The van der Waals surface area contributed by atoms with Crippen LogP contribution in [0.3, 0.4) is 0 Å². The maximum absolute atomic E-state index is 12.2. The van der Waals surface area contributed by atoms with Crippen molar-refractivity contribution in [2.24, 2.45) is 0 Å². The van der Waals surface area contributed by atoms with Gasteiger partial charge in [-0.15, -0.1) is 4.52 Å². The molecule has 1 aliphatic heterocycles. The van der Waals surface area contributed by atoms with Gasteiger partial charge in [0.15, 0.2) is 5.75 Å². The van der Waals surface area contributed by atoms with Crippen LogP contribution in [0.15, 0.2) is 54.6 Å². The Bertz CT molecular complexity index is 708. The molecule has 118 valence electrons. The zero-order valence-electron chi connectivity index (χ0n) is 12.1. The predicted octanol–water partition coefficient (Wildman–Crippen LogP) is 4.01. The second-order valence-corrected chi connectivity index (χ2v) is 6.06. The first-order valence-corrected chi connectivity index (χ1v) is 8.15. The number of nitrogens with zero attached hydrogens (tertiary/aromatic N) is 2. The molecule has 0 saturated carbocycles. The van der Waals surface area contributed by atoms with Gasteiger partial charge in [-0.05, 0) is 22.3 Å². The number of rotatable bonds is 4. The van der Waals surface area contributed by atoms with Gasteiger partial charge in [0, 0.05) is 18.6 Å². The molecule has 1 saturated heterocycles. The van der Waals surface area contributed by atoms with Crippen LogP contribution in [0.1, 0.15) is 18.0 Å². The van der Waals surface area contributed by atoms with Gasteiger partial charge in [0.25, 0.3) is 5.69 Å². The highest BCUT2D eigenvalue weighted by atomic mass is 31.1. The Morgan fingerprint density at radius 1 is 1.17 bits per heavy atom. The molecule has 1 fully saturated rings. The van der Waals surface area contributed by atoms with Crippen molar-refractivity contribution in [2.75, 3.05) is 6.61 Å². The van der Waals surface area contributed by atoms with Crippen LogP contribution in [0.25, 0.3) is 0 Å². The topological polar surface area (TPSA) is 81.9 Å². The molecule has 0 N–H and O–H groups in total. The van der Waals surface area contributed by atoms with Crippen LogP contribution in [0, 0.1) is 10.1 Å². The smallest absolute Gasteiger partial charge is 0.362 e. The molecule has 1 aliphatic rings.